The highest BCUT2D eigenvalue weighted by Crippen LogP contribution is 2.34. The van der Waals surface area contributed by atoms with E-state index in [2.05, 4.69) is 11.4 Å². The van der Waals surface area contributed by atoms with Gasteiger partial charge in [0.1, 0.15) is 28.9 Å². The summed E-state index contributed by atoms with van der Waals surface area (Å²) in [5.74, 6) is 2.10. The highest BCUT2D eigenvalue weighted by molar-refractivity contribution is 5.42. The lowest BCUT2D eigenvalue weighted by molar-refractivity contribution is 0.199. The number of nitrogens with zero attached hydrogens (tertiary/aromatic N) is 1. The van der Waals surface area contributed by atoms with Crippen LogP contribution in [0.25, 0.3) is 0 Å². The molecule has 2 unspecified atom stereocenters. The predicted octanol–water partition coefficient (Wildman–Crippen LogP) is 2.51. The Hall–Kier alpha value is -1.93. The number of methoxy groups -OCH3 is 2. The molecule has 0 radical (unpaired) electrons. The molecule has 0 spiro atoms. The maximum atomic E-state index is 9.39. The summed E-state index contributed by atoms with van der Waals surface area (Å²) >= 11 is 0. The Balaban J connectivity index is 2.08. The van der Waals surface area contributed by atoms with Crippen LogP contribution in [0.5, 0.6) is 17.2 Å². The van der Waals surface area contributed by atoms with Crippen LogP contribution in [0.4, 0.5) is 0 Å². The highest BCUT2D eigenvalue weighted by atomic mass is 16.5. The van der Waals surface area contributed by atoms with Crippen LogP contribution in [-0.4, -0.2) is 32.4 Å². The molecule has 0 aliphatic heterocycles. The smallest absolute Gasteiger partial charge is 0.127 e. The Kier molecular flexibility index (Phi) is 4.92. The maximum Gasteiger partial charge on any atom is 0.127 e. The molecule has 0 saturated heterocycles. The van der Waals surface area contributed by atoms with Gasteiger partial charge >= 0.3 is 0 Å². The second kappa shape index (κ2) is 6.68. The van der Waals surface area contributed by atoms with Crippen LogP contribution in [0.1, 0.15) is 26.2 Å². The van der Waals surface area contributed by atoms with E-state index in [1.807, 2.05) is 19.1 Å². The van der Waals surface area contributed by atoms with Crippen LogP contribution in [0.3, 0.4) is 0 Å². The van der Waals surface area contributed by atoms with E-state index in [1.54, 1.807) is 20.3 Å². The molecule has 21 heavy (non-hydrogen) atoms. The first-order valence-electron chi connectivity index (χ1n) is 7.20. The topological polar surface area (TPSA) is 63.5 Å². The standard InChI is InChI=1S/C16H22N2O3/c1-4-18-16(11-17)6-5-12(10-16)21-15-8-13(19-2)7-14(9-15)20-3/h7-9,12,18H,4-6,10H2,1-3H3. The van der Waals surface area contributed by atoms with E-state index < -0.39 is 5.54 Å². The molecule has 1 aliphatic carbocycles. The fourth-order valence-electron chi connectivity index (χ4n) is 2.78. The fourth-order valence-corrected chi connectivity index (χ4v) is 2.78. The van der Waals surface area contributed by atoms with E-state index in [1.165, 1.54) is 0 Å². The van der Waals surface area contributed by atoms with Gasteiger partial charge in [-0.25, -0.2) is 0 Å². The molecule has 2 atom stereocenters. The predicted molar refractivity (Wildman–Crippen MR) is 79.8 cm³/mol. The van der Waals surface area contributed by atoms with Gasteiger partial charge in [-0.05, 0) is 19.4 Å². The van der Waals surface area contributed by atoms with Crippen LogP contribution in [0.2, 0.25) is 0 Å². The molecule has 1 N–H and O–H groups in total. The van der Waals surface area contributed by atoms with E-state index >= 15 is 0 Å². The van der Waals surface area contributed by atoms with Gasteiger partial charge in [-0.1, -0.05) is 6.92 Å². The average molecular weight is 290 g/mol. The molecule has 0 amide bonds. The molecule has 0 aromatic heterocycles. The molecule has 1 aliphatic rings. The van der Waals surface area contributed by atoms with Gasteiger partial charge in [-0.2, -0.15) is 5.26 Å². The quantitative estimate of drug-likeness (QED) is 0.872. The lowest BCUT2D eigenvalue weighted by atomic mass is 10.00. The first kappa shape index (κ1) is 15.5. The molecule has 1 fully saturated rings. The third kappa shape index (κ3) is 3.59. The molecule has 0 heterocycles. The summed E-state index contributed by atoms with van der Waals surface area (Å²) in [6.07, 6.45) is 2.39. The Morgan fingerprint density at radius 1 is 1.24 bits per heavy atom. The van der Waals surface area contributed by atoms with E-state index in [-0.39, 0.29) is 6.10 Å². The molecular weight excluding hydrogens is 268 g/mol. The normalized spacial score (nSPS) is 24.4. The van der Waals surface area contributed by atoms with Crippen molar-refractivity contribution in [2.24, 2.45) is 0 Å². The highest BCUT2D eigenvalue weighted by Gasteiger charge is 2.40. The second-order valence-corrected chi connectivity index (χ2v) is 5.26. The molecule has 5 nitrogen and oxygen atoms in total. The van der Waals surface area contributed by atoms with Crippen molar-refractivity contribution in [1.29, 1.82) is 5.26 Å². The molecule has 0 bridgehead atoms. The maximum absolute atomic E-state index is 9.39. The van der Waals surface area contributed by atoms with Crippen molar-refractivity contribution >= 4 is 0 Å². The van der Waals surface area contributed by atoms with Gasteiger partial charge in [0.2, 0.25) is 0 Å². The zero-order valence-electron chi connectivity index (χ0n) is 12.8. The number of ether oxygens (including phenoxy) is 3. The van der Waals surface area contributed by atoms with Crippen molar-refractivity contribution in [2.45, 2.75) is 37.8 Å². The van der Waals surface area contributed by atoms with Gasteiger partial charge in [0.25, 0.3) is 0 Å². The van der Waals surface area contributed by atoms with Crippen LogP contribution >= 0.6 is 0 Å². The summed E-state index contributed by atoms with van der Waals surface area (Å²) in [4.78, 5) is 0. The molecule has 1 aromatic rings. The largest absolute Gasteiger partial charge is 0.496 e. The van der Waals surface area contributed by atoms with Crippen molar-refractivity contribution < 1.29 is 14.2 Å². The molecule has 5 heteroatoms. The van der Waals surface area contributed by atoms with Crippen molar-refractivity contribution in [3.63, 3.8) is 0 Å². The number of hydrogen-bond acceptors (Lipinski definition) is 5. The van der Waals surface area contributed by atoms with Crippen molar-refractivity contribution in [1.82, 2.24) is 5.32 Å². The van der Waals surface area contributed by atoms with Gasteiger partial charge in [0, 0.05) is 24.6 Å². The van der Waals surface area contributed by atoms with Crippen molar-refractivity contribution in [3.05, 3.63) is 18.2 Å². The number of nitrogens with one attached hydrogen (secondary N) is 1. The van der Waals surface area contributed by atoms with Gasteiger partial charge < -0.3 is 14.2 Å². The summed E-state index contributed by atoms with van der Waals surface area (Å²) in [6, 6.07) is 7.87. The Labute approximate surface area is 125 Å². The average Bonchev–Trinajstić information content (AvgIpc) is 2.90. The molecule has 114 valence electrons. The Morgan fingerprint density at radius 3 is 2.38 bits per heavy atom. The molecule has 1 saturated carbocycles. The minimum atomic E-state index is -0.456. The molecule has 1 aromatic carbocycles. The fraction of sp³-hybridized carbons (Fsp3) is 0.562. The van der Waals surface area contributed by atoms with Gasteiger partial charge in [0.15, 0.2) is 0 Å². The summed E-state index contributed by atoms with van der Waals surface area (Å²) in [7, 11) is 3.22. The van der Waals surface area contributed by atoms with Crippen LogP contribution in [0.15, 0.2) is 18.2 Å². The van der Waals surface area contributed by atoms with E-state index in [4.69, 9.17) is 14.2 Å². The number of nitriles is 1. The summed E-state index contributed by atoms with van der Waals surface area (Å²) in [5, 5.41) is 12.7. The van der Waals surface area contributed by atoms with E-state index in [9.17, 15) is 5.26 Å². The lowest BCUT2D eigenvalue weighted by Crippen LogP contribution is -2.42. The van der Waals surface area contributed by atoms with Crippen molar-refractivity contribution in [3.8, 4) is 23.3 Å². The van der Waals surface area contributed by atoms with Gasteiger partial charge in [-0.3, -0.25) is 5.32 Å². The second-order valence-electron chi connectivity index (χ2n) is 5.26. The third-order valence-corrected chi connectivity index (χ3v) is 3.83. The molecule has 2 rings (SSSR count). The third-order valence-electron chi connectivity index (χ3n) is 3.83. The molecular formula is C16H22N2O3. The number of rotatable bonds is 6. The van der Waals surface area contributed by atoms with Crippen molar-refractivity contribution in [2.75, 3.05) is 20.8 Å². The van der Waals surface area contributed by atoms with E-state index in [0.29, 0.717) is 23.7 Å². The minimum absolute atomic E-state index is 0.0283. The van der Waals surface area contributed by atoms with Crippen LogP contribution in [0, 0.1) is 11.3 Å². The Morgan fingerprint density at radius 2 is 1.86 bits per heavy atom. The minimum Gasteiger partial charge on any atom is -0.496 e. The summed E-state index contributed by atoms with van der Waals surface area (Å²) in [6.45, 7) is 2.80. The van der Waals surface area contributed by atoms with Crippen LogP contribution < -0.4 is 19.5 Å². The first-order chi connectivity index (χ1) is 10.1. The Bertz CT molecular complexity index is 504. The van der Waals surface area contributed by atoms with Gasteiger partial charge in [0.05, 0.1) is 20.3 Å². The SMILES string of the molecule is CCNC1(C#N)CCC(Oc2cc(OC)cc(OC)c2)C1. The summed E-state index contributed by atoms with van der Waals surface area (Å²) in [5.41, 5.74) is -0.456. The lowest BCUT2D eigenvalue weighted by Gasteiger charge is -2.22. The number of benzene rings is 1. The van der Waals surface area contributed by atoms with Gasteiger partial charge in [-0.15, -0.1) is 0 Å². The monoisotopic (exact) mass is 290 g/mol. The van der Waals surface area contributed by atoms with E-state index in [0.717, 1.165) is 19.4 Å². The summed E-state index contributed by atoms with van der Waals surface area (Å²) < 4.78 is 16.5. The first-order valence-corrected chi connectivity index (χ1v) is 7.20. The number of hydrogen-bond donors (Lipinski definition) is 1. The van der Waals surface area contributed by atoms with Crippen LogP contribution in [-0.2, 0) is 0 Å². The zero-order chi connectivity index (χ0) is 15.3. The zero-order valence-corrected chi connectivity index (χ0v) is 12.8.